The number of para-hydroxylation sites is 1. The van der Waals surface area contributed by atoms with E-state index in [0.717, 1.165) is 29.5 Å². The maximum Gasteiger partial charge on any atom is 0.262 e. The van der Waals surface area contributed by atoms with E-state index in [9.17, 15) is 9.59 Å². The lowest BCUT2D eigenvalue weighted by Gasteiger charge is -2.19. The van der Waals surface area contributed by atoms with Crippen molar-refractivity contribution in [1.82, 2.24) is 4.90 Å². The molecule has 0 radical (unpaired) electrons. The standard InChI is InChI=1S/C16H21N3O2S/c1-4-19(5-2)16-18-15(21)13(22-16)10-14(20)17-12-9-7-6-8-11(12)3/h6-9,13H,4-5,10H2,1-3H3,(H,17,20). The molecule has 118 valence electrons. The fourth-order valence-electron chi connectivity index (χ4n) is 2.22. The first kappa shape index (κ1) is 16.5. The second kappa shape index (κ2) is 7.45. The minimum absolute atomic E-state index is 0.145. The van der Waals surface area contributed by atoms with Gasteiger partial charge in [-0.05, 0) is 32.4 Å². The fraction of sp³-hybridized carbons (Fsp3) is 0.438. The number of hydrogen-bond acceptors (Lipinski definition) is 4. The second-order valence-electron chi connectivity index (χ2n) is 5.08. The summed E-state index contributed by atoms with van der Waals surface area (Å²) in [6.45, 7) is 7.59. The van der Waals surface area contributed by atoms with Crippen LogP contribution in [0.2, 0.25) is 0 Å². The molecule has 0 aliphatic carbocycles. The van der Waals surface area contributed by atoms with Crippen molar-refractivity contribution in [3.05, 3.63) is 29.8 Å². The Hall–Kier alpha value is -1.82. The molecule has 0 saturated heterocycles. The Bertz CT molecular complexity index is 597. The number of carbonyl (C=O) groups is 2. The number of nitrogens with zero attached hydrogens (tertiary/aromatic N) is 2. The Kier molecular flexibility index (Phi) is 5.60. The number of rotatable bonds is 5. The van der Waals surface area contributed by atoms with Crippen molar-refractivity contribution < 1.29 is 9.59 Å². The van der Waals surface area contributed by atoms with Gasteiger partial charge in [0.2, 0.25) is 5.91 Å². The number of benzene rings is 1. The summed E-state index contributed by atoms with van der Waals surface area (Å²) < 4.78 is 0. The molecule has 1 heterocycles. The molecule has 1 N–H and O–H groups in total. The van der Waals surface area contributed by atoms with Crippen molar-refractivity contribution in [2.75, 3.05) is 18.4 Å². The molecule has 1 aliphatic heterocycles. The monoisotopic (exact) mass is 319 g/mol. The van der Waals surface area contributed by atoms with E-state index >= 15 is 0 Å². The minimum atomic E-state index is -0.417. The van der Waals surface area contributed by atoms with Crippen LogP contribution in [0.15, 0.2) is 29.3 Å². The van der Waals surface area contributed by atoms with Gasteiger partial charge in [0.1, 0.15) is 5.25 Å². The highest BCUT2D eigenvalue weighted by Gasteiger charge is 2.32. The summed E-state index contributed by atoms with van der Waals surface area (Å²) in [5.41, 5.74) is 1.79. The number of nitrogens with one attached hydrogen (secondary N) is 1. The Balaban J connectivity index is 1.94. The highest BCUT2D eigenvalue weighted by molar-refractivity contribution is 8.15. The largest absolute Gasteiger partial charge is 0.352 e. The van der Waals surface area contributed by atoms with Gasteiger partial charge in [0.05, 0.1) is 0 Å². The summed E-state index contributed by atoms with van der Waals surface area (Å²) in [5.74, 6) is -0.372. The SMILES string of the molecule is CCN(CC)C1=NC(=O)C(CC(=O)Nc2ccccc2C)S1. The molecular weight excluding hydrogens is 298 g/mol. The van der Waals surface area contributed by atoms with Gasteiger partial charge in [0, 0.05) is 25.2 Å². The minimum Gasteiger partial charge on any atom is -0.352 e. The third-order valence-electron chi connectivity index (χ3n) is 3.55. The normalized spacial score (nSPS) is 17.3. The van der Waals surface area contributed by atoms with E-state index in [1.807, 2.05) is 49.9 Å². The smallest absolute Gasteiger partial charge is 0.262 e. The molecule has 1 atom stereocenters. The maximum absolute atomic E-state index is 12.1. The van der Waals surface area contributed by atoms with Gasteiger partial charge in [-0.2, -0.15) is 4.99 Å². The summed E-state index contributed by atoms with van der Waals surface area (Å²) in [7, 11) is 0. The first-order chi connectivity index (χ1) is 10.5. The molecule has 6 heteroatoms. The molecule has 2 rings (SSSR count). The Morgan fingerprint density at radius 1 is 1.32 bits per heavy atom. The van der Waals surface area contributed by atoms with Gasteiger partial charge in [-0.3, -0.25) is 9.59 Å². The highest BCUT2D eigenvalue weighted by Crippen LogP contribution is 2.27. The molecule has 1 aromatic rings. The predicted octanol–water partition coefficient (Wildman–Crippen LogP) is 2.66. The zero-order valence-corrected chi connectivity index (χ0v) is 13.9. The van der Waals surface area contributed by atoms with Crippen LogP contribution in [0.25, 0.3) is 0 Å². The number of amides is 2. The van der Waals surface area contributed by atoms with E-state index in [2.05, 4.69) is 10.3 Å². The molecule has 5 nitrogen and oxygen atoms in total. The van der Waals surface area contributed by atoms with Crippen molar-refractivity contribution in [3.8, 4) is 0 Å². The summed E-state index contributed by atoms with van der Waals surface area (Å²) in [6.07, 6.45) is 0.145. The van der Waals surface area contributed by atoms with Crippen LogP contribution in [0.1, 0.15) is 25.8 Å². The van der Waals surface area contributed by atoms with Gasteiger partial charge in [0.15, 0.2) is 5.17 Å². The van der Waals surface area contributed by atoms with E-state index < -0.39 is 5.25 Å². The van der Waals surface area contributed by atoms with Crippen LogP contribution in [-0.4, -0.2) is 40.2 Å². The van der Waals surface area contributed by atoms with Crippen molar-refractivity contribution in [1.29, 1.82) is 0 Å². The average Bonchev–Trinajstić information content (AvgIpc) is 2.84. The van der Waals surface area contributed by atoms with Gasteiger partial charge >= 0.3 is 0 Å². The van der Waals surface area contributed by atoms with Gasteiger partial charge in [-0.15, -0.1) is 0 Å². The van der Waals surface area contributed by atoms with Crippen LogP contribution in [0.4, 0.5) is 5.69 Å². The van der Waals surface area contributed by atoms with Gasteiger partial charge in [-0.1, -0.05) is 30.0 Å². The lowest BCUT2D eigenvalue weighted by Crippen LogP contribution is -2.28. The van der Waals surface area contributed by atoms with Gasteiger partial charge in [-0.25, -0.2) is 0 Å². The summed E-state index contributed by atoms with van der Waals surface area (Å²) in [5, 5.41) is 3.17. The number of aryl methyl sites for hydroxylation is 1. The number of thioether (sulfide) groups is 1. The predicted molar refractivity (Wildman–Crippen MR) is 91.2 cm³/mol. The molecular formula is C16H21N3O2S. The van der Waals surface area contributed by atoms with E-state index in [1.165, 1.54) is 11.8 Å². The van der Waals surface area contributed by atoms with Crippen LogP contribution < -0.4 is 5.32 Å². The number of amidine groups is 1. The van der Waals surface area contributed by atoms with Crippen LogP contribution in [0, 0.1) is 6.92 Å². The lowest BCUT2D eigenvalue weighted by molar-refractivity contribution is -0.121. The first-order valence-corrected chi connectivity index (χ1v) is 8.32. The maximum atomic E-state index is 12.1. The van der Waals surface area contributed by atoms with Crippen molar-refractivity contribution in [2.45, 2.75) is 32.4 Å². The van der Waals surface area contributed by atoms with E-state index in [4.69, 9.17) is 0 Å². The molecule has 22 heavy (non-hydrogen) atoms. The third kappa shape index (κ3) is 3.88. The molecule has 0 bridgehead atoms. The molecule has 1 aromatic carbocycles. The van der Waals surface area contributed by atoms with Crippen molar-refractivity contribution in [2.24, 2.45) is 4.99 Å². The molecule has 1 aliphatic rings. The Labute approximate surface area is 135 Å². The number of hydrogen-bond donors (Lipinski definition) is 1. The highest BCUT2D eigenvalue weighted by atomic mass is 32.2. The Morgan fingerprint density at radius 2 is 2.00 bits per heavy atom. The molecule has 0 saturated carbocycles. The first-order valence-electron chi connectivity index (χ1n) is 7.44. The second-order valence-corrected chi connectivity index (χ2v) is 6.25. The molecule has 0 spiro atoms. The van der Waals surface area contributed by atoms with E-state index in [1.54, 1.807) is 0 Å². The molecule has 1 unspecified atom stereocenters. The number of carbonyl (C=O) groups excluding carboxylic acids is 2. The van der Waals surface area contributed by atoms with Crippen LogP contribution >= 0.6 is 11.8 Å². The number of anilines is 1. The van der Waals surface area contributed by atoms with Crippen LogP contribution in [0.3, 0.4) is 0 Å². The fourth-order valence-corrected chi connectivity index (χ4v) is 3.41. The third-order valence-corrected chi connectivity index (χ3v) is 4.77. The molecule has 0 aromatic heterocycles. The van der Waals surface area contributed by atoms with E-state index in [0.29, 0.717) is 0 Å². The van der Waals surface area contributed by atoms with Gasteiger partial charge < -0.3 is 10.2 Å². The quantitative estimate of drug-likeness (QED) is 0.906. The summed E-state index contributed by atoms with van der Waals surface area (Å²) in [4.78, 5) is 30.2. The lowest BCUT2D eigenvalue weighted by atomic mass is 10.2. The Morgan fingerprint density at radius 3 is 2.64 bits per heavy atom. The number of aliphatic imine (C=N–C) groups is 1. The van der Waals surface area contributed by atoms with Crippen molar-refractivity contribution >= 4 is 34.4 Å². The zero-order chi connectivity index (χ0) is 16.1. The average molecular weight is 319 g/mol. The zero-order valence-electron chi connectivity index (χ0n) is 13.1. The molecule has 2 amide bonds. The summed E-state index contributed by atoms with van der Waals surface area (Å²) >= 11 is 1.38. The van der Waals surface area contributed by atoms with Crippen molar-refractivity contribution in [3.63, 3.8) is 0 Å². The van der Waals surface area contributed by atoms with E-state index in [-0.39, 0.29) is 18.2 Å². The summed E-state index contributed by atoms with van der Waals surface area (Å²) in [6, 6.07) is 7.59. The van der Waals surface area contributed by atoms with Crippen LogP contribution in [-0.2, 0) is 9.59 Å². The topological polar surface area (TPSA) is 61.8 Å². The van der Waals surface area contributed by atoms with Gasteiger partial charge in [0.25, 0.3) is 5.91 Å². The van der Waals surface area contributed by atoms with Crippen LogP contribution in [0.5, 0.6) is 0 Å². The molecule has 0 fully saturated rings.